The van der Waals surface area contributed by atoms with Crippen LogP contribution in [-0.2, 0) is 22.6 Å². The van der Waals surface area contributed by atoms with Crippen LogP contribution in [-0.4, -0.2) is 38.9 Å². The quantitative estimate of drug-likeness (QED) is 0.616. The molecule has 1 fully saturated rings. The molecule has 4 rings (SSSR count). The molecule has 0 saturated carbocycles. The molecule has 3 aromatic rings. The molecule has 1 saturated heterocycles. The first-order chi connectivity index (χ1) is 14.6. The highest BCUT2D eigenvalue weighted by Gasteiger charge is 2.28. The van der Waals surface area contributed by atoms with Crippen LogP contribution in [0.15, 0.2) is 66.9 Å². The van der Waals surface area contributed by atoms with Crippen molar-refractivity contribution in [3.05, 3.63) is 83.7 Å². The van der Waals surface area contributed by atoms with Gasteiger partial charge < -0.3 is 5.32 Å². The highest BCUT2D eigenvalue weighted by molar-refractivity contribution is 6.01. The van der Waals surface area contributed by atoms with Crippen LogP contribution >= 0.6 is 0 Å². The third kappa shape index (κ3) is 4.46. The van der Waals surface area contributed by atoms with Gasteiger partial charge in [0.25, 0.3) is 5.91 Å². The molecule has 3 amide bonds. The van der Waals surface area contributed by atoms with E-state index < -0.39 is 0 Å². The van der Waals surface area contributed by atoms with E-state index in [-0.39, 0.29) is 37.1 Å². The van der Waals surface area contributed by atoms with Gasteiger partial charge in [-0.3, -0.25) is 19.3 Å². The standard InChI is InChI=1S/C23H22N4O3/c28-21-10-11-22(29)26(21)16-17-6-8-18(9-7-17)23(30)24-14-12-19-13-15-27(25-19)20-4-2-1-3-5-20/h1-9,13,15H,10-12,14,16H2,(H,24,30). The zero-order valence-corrected chi connectivity index (χ0v) is 16.5. The number of amides is 3. The summed E-state index contributed by atoms with van der Waals surface area (Å²) >= 11 is 0. The number of nitrogens with one attached hydrogen (secondary N) is 1. The summed E-state index contributed by atoms with van der Waals surface area (Å²) in [4.78, 5) is 37.1. The second kappa shape index (κ2) is 8.73. The van der Waals surface area contributed by atoms with E-state index in [9.17, 15) is 14.4 Å². The summed E-state index contributed by atoms with van der Waals surface area (Å²) in [5.41, 5.74) is 3.24. The van der Waals surface area contributed by atoms with Gasteiger partial charge in [-0.25, -0.2) is 4.68 Å². The number of para-hydroxylation sites is 1. The highest BCUT2D eigenvalue weighted by atomic mass is 16.2. The molecule has 1 aliphatic heterocycles. The molecule has 2 heterocycles. The lowest BCUT2D eigenvalue weighted by atomic mass is 10.1. The Labute approximate surface area is 174 Å². The fourth-order valence-corrected chi connectivity index (χ4v) is 3.37. The molecule has 30 heavy (non-hydrogen) atoms. The van der Waals surface area contributed by atoms with Crippen molar-refractivity contribution in [2.75, 3.05) is 6.54 Å². The number of likely N-dealkylation sites (tertiary alicyclic amines) is 1. The first-order valence-corrected chi connectivity index (χ1v) is 9.90. The van der Waals surface area contributed by atoms with Gasteiger partial charge >= 0.3 is 0 Å². The molecule has 0 spiro atoms. The van der Waals surface area contributed by atoms with E-state index in [1.54, 1.807) is 24.3 Å². The Bertz CT molecular complexity index is 1040. The predicted molar refractivity (Wildman–Crippen MR) is 111 cm³/mol. The Morgan fingerprint density at radius 1 is 0.933 bits per heavy atom. The third-order valence-corrected chi connectivity index (χ3v) is 5.04. The lowest BCUT2D eigenvalue weighted by Gasteiger charge is -2.14. The average Bonchev–Trinajstić information content (AvgIpc) is 3.37. The average molecular weight is 402 g/mol. The molecule has 0 radical (unpaired) electrons. The number of benzene rings is 2. The Balaban J connectivity index is 1.28. The molecular weight excluding hydrogens is 380 g/mol. The summed E-state index contributed by atoms with van der Waals surface area (Å²) in [5.74, 6) is -0.453. The van der Waals surface area contributed by atoms with E-state index >= 15 is 0 Å². The van der Waals surface area contributed by atoms with Gasteiger partial charge in [0, 0.05) is 37.6 Å². The van der Waals surface area contributed by atoms with Crippen LogP contribution in [0.4, 0.5) is 0 Å². The molecule has 7 heteroatoms. The van der Waals surface area contributed by atoms with Crippen molar-refractivity contribution in [2.24, 2.45) is 0 Å². The maximum Gasteiger partial charge on any atom is 0.251 e. The molecular formula is C23H22N4O3. The number of nitrogens with zero attached hydrogens (tertiary/aromatic N) is 3. The maximum atomic E-state index is 12.4. The monoisotopic (exact) mass is 402 g/mol. The van der Waals surface area contributed by atoms with E-state index in [2.05, 4.69) is 10.4 Å². The fraction of sp³-hybridized carbons (Fsp3) is 0.217. The highest BCUT2D eigenvalue weighted by Crippen LogP contribution is 2.16. The first kappa shape index (κ1) is 19.6. The van der Waals surface area contributed by atoms with Gasteiger partial charge in [0.05, 0.1) is 17.9 Å². The Morgan fingerprint density at radius 2 is 1.63 bits per heavy atom. The van der Waals surface area contributed by atoms with Gasteiger partial charge in [0.15, 0.2) is 0 Å². The SMILES string of the molecule is O=C(NCCc1ccn(-c2ccccc2)n1)c1ccc(CN2C(=O)CCC2=O)cc1. The van der Waals surface area contributed by atoms with E-state index in [0.29, 0.717) is 18.5 Å². The minimum Gasteiger partial charge on any atom is -0.352 e. The lowest BCUT2D eigenvalue weighted by molar-refractivity contribution is -0.139. The number of rotatable bonds is 7. The lowest BCUT2D eigenvalue weighted by Crippen LogP contribution is -2.28. The number of carbonyl (C=O) groups excluding carboxylic acids is 3. The maximum absolute atomic E-state index is 12.4. The molecule has 0 bridgehead atoms. The second-order valence-electron chi connectivity index (χ2n) is 7.16. The summed E-state index contributed by atoms with van der Waals surface area (Å²) < 4.78 is 1.81. The normalized spacial score (nSPS) is 13.7. The van der Waals surface area contributed by atoms with E-state index in [1.165, 1.54) is 4.90 Å². The van der Waals surface area contributed by atoms with Crippen LogP contribution in [0.5, 0.6) is 0 Å². The van der Waals surface area contributed by atoms with E-state index in [4.69, 9.17) is 0 Å². The third-order valence-electron chi connectivity index (χ3n) is 5.04. The minimum atomic E-state index is -0.169. The molecule has 0 unspecified atom stereocenters. The van der Waals surface area contributed by atoms with Crippen molar-refractivity contribution in [1.82, 2.24) is 20.0 Å². The molecule has 1 aliphatic rings. The van der Waals surface area contributed by atoms with Gasteiger partial charge in [-0.15, -0.1) is 0 Å². The summed E-state index contributed by atoms with van der Waals surface area (Å²) in [6.45, 7) is 0.729. The molecule has 152 valence electrons. The molecule has 1 aromatic heterocycles. The predicted octanol–water partition coefficient (Wildman–Crippen LogP) is 2.49. The van der Waals surface area contributed by atoms with Gasteiger partial charge in [-0.1, -0.05) is 30.3 Å². The first-order valence-electron chi connectivity index (χ1n) is 9.90. The summed E-state index contributed by atoms with van der Waals surface area (Å²) in [5, 5.41) is 7.42. The van der Waals surface area contributed by atoms with E-state index in [0.717, 1.165) is 16.9 Å². The number of carbonyl (C=O) groups is 3. The Kier molecular flexibility index (Phi) is 5.70. The Hall–Kier alpha value is -3.74. The smallest absolute Gasteiger partial charge is 0.251 e. The van der Waals surface area contributed by atoms with Gasteiger partial charge in [0.2, 0.25) is 11.8 Å². The van der Waals surface area contributed by atoms with Crippen LogP contribution in [0, 0.1) is 0 Å². The van der Waals surface area contributed by atoms with Gasteiger partial charge in [-0.05, 0) is 35.9 Å². The van der Waals surface area contributed by atoms with Crippen LogP contribution in [0.25, 0.3) is 5.69 Å². The number of imide groups is 1. The minimum absolute atomic E-state index is 0.142. The number of hydrogen-bond donors (Lipinski definition) is 1. The fourth-order valence-electron chi connectivity index (χ4n) is 3.37. The van der Waals surface area contributed by atoms with Gasteiger partial charge in [-0.2, -0.15) is 5.10 Å². The topological polar surface area (TPSA) is 84.3 Å². The zero-order valence-electron chi connectivity index (χ0n) is 16.5. The van der Waals surface area contributed by atoms with Crippen molar-refractivity contribution < 1.29 is 14.4 Å². The Morgan fingerprint density at radius 3 is 2.33 bits per heavy atom. The van der Waals surface area contributed by atoms with Crippen LogP contribution in [0.3, 0.4) is 0 Å². The van der Waals surface area contributed by atoms with Crippen LogP contribution < -0.4 is 5.32 Å². The second-order valence-corrected chi connectivity index (χ2v) is 7.16. The summed E-state index contributed by atoms with van der Waals surface area (Å²) in [6, 6.07) is 18.8. The van der Waals surface area contributed by atoms with Crippen molar-refractivity contribution in [3.8, 4) is 5.69 Å². The van der Waals surface area contributed by atoms with E-state index in [1.807, 2.05) is 47.3 Å². The number of hydrogen-bond acceptors (Lipinski definition) is 4. The molecule has 1 N–H and O–H groups in total. The van der Waals surface area contributed by atoms with Crippen LogP contribution in [0.1, 0.15) is 34.5 Å². The summed E-state index contributed by atoms with van der Waals surface area (Å²) in [7, 11) is 0. The molecule has 0 aliphatic carbocycles. The summed E-state index contributed by atoms with van der Waals surface area (Å²) in [6.07, 6.45) is 3.09. The molecule has 7 nitrogen and oxygen atoms in total. The van der Waals surface area contributed by atoms with Crippen molar-refractivity contribution in [2.45, 2.75) is 25.8 Å². The van der Waals surface area contributed by atoms with Gasteiger partial charge in [0.1, 0.15) is 0 Å². The molecule has 0 atom stereocenters. The number of aromatic nitrogens is 2. The molecule has 2 aromatic carbocycles. The van der Waals surface area contributed by atoms with Crippen molar-refractivity contribution in [1.29, 1.82) is 0 Å². The van der Waals surface area contributed by atoms with Crippen molar-refractivity contribution in [3.63, 3.8) is 0 Å². The van der Waals surface area contributed by atoms with Crippen LogP contribution in [0.2, 0.25) is 0 Å². The largest absolute Gasteiger partial charge is 0.352 e. The van der Waals surface area contributed by atoms with Crippen molar-refractivity contribution >= 4 is 17.7 Å². The zero-order chi connectivity index (χ0) is 20.9.